The van der Waals surface area contributed by atoms with E-state index in [2.05, 4.69) is 24.3 Å². The molecule has 6 heteroatoms. The fourth-order valence-corrected chi connectivity index (χ4v) is 3.97. The zero-order chi connectivity index (χ0) is 23.3. The summed E-state index contributed by atoms with van der Waals surface area (Å²) in [5, 5.41) is 0. The Morgan fingerprint density at radius 2 is 1.00 bits per heavy atom. The number of nitrogens with two attached hydrogens (primary N) is 2. The van der Waals surface area contributed by atoms with Crippen molar-refractivity contribution in [2.24, 2.45) is 11.5 Å². The zero-order valence-electron chi connectivity index (χ0n) is 18.8. The Hall–Kier alpha value is -4.00. The Balaban J connectivity index is 1.40. The van der Waals surface area contributed by atoms with Gasteiger partial charge in [0.05, 0.1) is 0 Å². The van der Waals surface area contributed by atoms with Gasteiger partial charge in [0.2, 0.25) is 11.8 Å². The first kappa shape index (κ1) is 21.8. The van der Waals surface area contributed by atoms with Crippen LogP contribution in [0.2, 0.25) is 0 Å². The summed E-state index contributed by atoms with van der Waals surface area (Å²) in [7, 11) is 0. The van der Waals surface area contributed by atoms with Crippen molar-refractivity contribution in [1.82, 2.24) is 9.97 Å². The molecule has 0 saturated carbocycles. The lowest BCUT2D eigenvalue weighted by molar-refractivity contribution is 0.572. The van der Waals surface area contributed by atoms with Gasteiger partial charge >= 0.3 is 0 Å². The Morgan fingerprint density at radius 3 is 1.47 bits per heavy atom. The normalized spacial score (nSPS) is 11.1. The molecular formula is C28H26N4O2. The highest BCUT2D eigenvalue weighted by atomic mass is 16.3. The molecule has 2 heterocycles. The summed E-state index contributed by atoms with van der Waals surface area (Å²) in [4.78, 5) is 9.42. The van der Waals surface area contributed by atoms with Crippen LogP contribution in [0.5, 0.6) is 0 Å². The van der Waals surface area contributed by atoms with Crippen LogP contribution in [0.15, 0.2) is 94.2 Å². The van der Waals surface area contributed by atoms with Crippen molar-refractivity contribution in [2.45, 2.75) is 12.8 Å². The van der Waals surface area contributed by atoms with E-state index in [0.717, 1.165) is 46.5 Å². The summed E-state index contributed by atoms with van der Waals surface area (Å²) in [5.41, 5.74) is 19.0. The second kappa shape index (κ2) is 9.87. The average Bonchev–Trinajstić information content (AvgIpc) is 3.56. The number of benzene rings is 3. The maximum atomic E-state index is 5.81. The fourth-order valence-electron chi connectivity index (χ4n) is 3.97. The first-order valence-corrected chi connectivity index (χ1v) is 11.3. The van der Waals surface area contributed by atoms with E-state index in [1.165, 1.54) is 11.1 Å². The van der Waals surface area contributed by atoms with Gasteiger partial charge in [0.1, 0.15) is 23.9 Å². The van der Waals surface area contributed by atoms with Crippen molar-refractivity contribution in [2.75, 3.05) is 13.1 Å². The molecule has 0 atom stereocenters. The SMILES string of the molecule is NCCc1cccc(-c2coc(-c3cccc(-c4nc(-c5cccc(CCN)c5)co4)c3)n2)c1. The van der Waals surface area contributed by atoms with Crippen molar-refractivity contribution in [3.8, 4) is 45.4 Å². The van der Waals surface area contributed by atoms with E-state index < -0.39 is 0 Å². The van der Waals surface area contributed by atoms with Crippen LogP contribution >= 0.6 is 0 Å². The van der Waals surface area contributed by atoms with Crippen LogP contribution in [0, 0.1) is 0 Å². The van der Waals surface area contributed by atoms with Gasteiger partial charge in [0.25, 0.3) is 0 Å². The molecule has 4 N–H and O–H groups in total. The minimum atomic E-state index is 0.544. The lowest BCUT2D eigenvalue weighted by Gasteiger charge is -2.02. The quantitative estimate of drug-likeness (QED) is 0.331. The molecule has 5 aromatic rings. The predicted molar refractivity (Wildman–Crippen MR) is 134 cm³/mol. The summed E-state index contributed by atoms with van der Waals surface area (Å²) < 4.78 is 11.6. The molecule has 34 heavy (non-hydrogen) atoms. The molecule has 0 bridgehead atoms. The van der Waals surface area contributed by atoms with Crippen molar-refractivity contribution in [3.05, 3.63) is 96.4 Å². The molecule has 0 spiro atoms. The molecule has 0 radical (unpaired) electrons. The molecule has 0 amide bonds. The third-order valence-electron chi connectivity index (χ3n) is 5.68. The van der Waals surface area contributed by atoms with Crippen LogP contribution < -0.4 is 11.5 Å². The molecule has 0 aliphatic heterocycles. The molecule has 6 nitrogen and oxygen atoms in total. The van der Waals surface area contributed by atoms with E-state index in [0.29, 0.717) is 24.9 Å². The van der Waals surface area contributed by atoms with E-state index in [9.17, 15) is 0 Å². The molecule has 5 rings (SSSR count). The van der Waals surface area contributed by atoms with Gasteiger partial charge < -0.3 is 20.3 Å². The number of nitrogens with zero attached hydrogens (tertiary/aromatic N) is 2. The minimum absolute atomic E-state index is 0.544. The largest absolute Gasteiger partial charge is 0.444 e. The number of oxazole rings is 2. The van der Waals surface area contributed by atoms with Gasteiger partial charge in [0, 0.05) is 22.3 Å². The standard InChI is InChI=1S/C28H26N4O2/c29-12-10-19-4-1-6-21(14-19)25-17-33-27(31-25)23-8-3-9-24(16-23)28-32-26(18-34-28)22-7-2-5-20(15-22)11-13-30/h1-9,14-18H,10-13,29-30H2. The Morgan fingerprint density at radius 1 is 0.559 bits per heavy atom. The summed E-state index contributed by atoms with van der Waals surface area (Å²) >= 11 is 0. The molecule has 170 valence electrons. The number of hydrogen-bond acceptors (Lipinski definition) is 6. The lowest BCUT2D eigenvalue weighted by atomic mass is 10.1. The van der Waals surface area contributed by atoms with Crippen molar-refractivity contribution < 1.29 is 8.83 Å². The Kier molecular flexibility index (Phi) is 6.33. The van der Waals surface area contributed by atoms with Crippen molar-refractivity contribution in [1.29, 1.82) is 0 Å². The third kappa shape index (κ3) is 4.69. The van der Waals surface area contributed by atoms with E-state index in [1.54, 1.807) is 12.5 Å². The van der Waals surface area contributed by atoms with Gasteiger partial charge in [-0.25, -0.2) is 9.97 Å². The van der Waals surface area contributed by atoms with Gasteiger partial charge in [-0.2, -0.15) is 0 Å². The van der Waals surface area contributed by atoms with E-state index >= 15 is 0 Å². The van der Waals surface area contributed by atoms with Crippen LogP contribution in [-0.2, 0) is 12.8 Å². The Bertz CT molecular complexity index is 1300. The van der Waals surface area contributed by atoms with Crippen LogP contribution in [0.1, 0.15) is 11.1 Å². The van der Waals surface area contributed by atoms with Crippen molar-refractivity contribution in [3.63, 3.8) is 0 Å². The molecule has 3 aromatic carbocycles. The lowest BCUT2D eigenvalue weighted by Crippen LogP contribution is -2.02. The molecular weight excluding hydrogens is 424 g/mol. The fraction of sp³-hybridized carbons (Fsp3) is 0.143. The molecule has 0 aliphatic rings. The smallest absolute Gasteiger partial charge is 0.226 e. The van der Waals surface area contributed by atoms with Crippen LogP contribution in [0.3, 0.4) is 0 Å². The first-order valence-electron chi connectivity index (χ1n) is 11.3. The van der Waals surface area contributed by atoms with Crippen LogP contribution in [-0.4, -0.2) is 23.1 Å². The molecule has 0 saturated heterocycles. The molecule has 0 fully saturated rings. The summed E-state index contributed by atoms with van der Waals surface area (Å²) in [6.07, 6.45) is 5.02. The van der Waals surface area contributed by atoms with Crippen molar-refractivity contribution >= 4 is 0 Å². The highest BCUT2D eigenvalue weighted by Crippen LogP contribution is 2.30. The Labute approximate surface area is 198 Å². The highest BCUT2D eigenvalue weighted by Gasteiger charge is 2.13. The van der Waals surface area contributed by atoms with Crippen LogP contribution in [0.25, 0.3) is 45.4 Å². The molecule has 0 unspecified atom stereocenters. The first-order chi connectivity index (χ1) is 16.7. The topological polar surface area (TPSA) is 104 Å². The van der Waals surface area contributed by atoms with Gasteiger partial charge in [-0.3, -0.25) is 0 Å². The summed E-state index contributed by atoms with van der Waals surface area (Å²) in [5.74, 6) is 1.09. The average molecular weight is 451 g/mol. The number of rotatable bonds is 8. The summed E-state index contributed by atoms with van der Waals surface area (Å²) in [6.45, 7) is 1.23. The maximum absolute atomic E-state index is 5.81. The number of aromatic nitrogens is 2. The van der Waals surface area contributed by atoms with Gasteiger partial charge in [-0.1, -0.05) is 42.5 Å². The van der Waals surface area contributed by atoms with E-state index in [-0.39, 0.29) is 0 Å². The van der Waals surface area contributed by atoms with Gasteiger partial charge in [-0.15, -0.1) is 0 Å². The summed E-state index contributed by atoms with van der Waals surface area (Å²) in [6, 6.07) is 24.3. The third-order valence-corrected chi connectivity index (χ3v) is 5.68. The van der Waals surface area contributed by atoms with Crippen LogP contribution in [0.4, 0.5) is 0 Å². The maximum Gasteiger partial charge on any atom is 0.226 e. The number of hydrogen-bond donors (Lipinski definition) is 2. The van der Waals surface area contributed by atoms with E-state index in [4.69, 9.17) is 30.3 Å². The monoisotopic (exact) mass is 450 g/mol. The minimum Gasteiger partial charge on any atom is -0.444 e. The second-order valence-electron chi connectivity index (χ2n) is 8.13. The van der Waals surface area contributed by atoms with Gasteiger partial charge in [-0.05, 0) is 67.4 Å². The zero-order valence-corrected chi connectivity index (χ0v) is 18.8. The highest BCUT2D eigenvalue weighted by molar-refractivity contribution is 5.69. The predicted octanol–water partition coefficient (Wildman–Crippen LogP) is 5.33. The molecule has 0 aliphatic carbocycles. The molecule has 2 aromatic heterocycles. The van der Waals surface area contributed by atoms with E-state index in [1.807, 2.05) is 48.5 Å². The van der Waals surface area contributed by atoms with Gasteiger partial charge in [0.15, 0.2) is 0 Å². The second-order valence-corrected chi connectivity index (χ2v) is 8.13.